The van der Waals surface area contributed by atoms with Crippen molar-refractivity contribution in [2.45, 2.75) is 167 Å². The number of quaternary nitrogens is 2. The van der Waals surface area contributed by atoms with Crippen molar-refractivity contribution in [1.29, 1.82) is 0 Å². The van der Waals surface area contributed by atoms with Crippen molar-refractivity contribution in [3.8, 4) is 0 Å². The van der Waals surface area contributed by atoms with Crippen LogP contribution in [-0.2, 0) is 10.4 Å². The molecular formula is C34H76N2O4S. The first-order valence-electron chi connectivity index (χ1n) is 39.3. The second-order valence-corrected chi connectivity index (χ2v) is 8.47. The summed E-state index contributed by atoms with van der Waals surface area (Å²) in [5.41, 5.74) is 0. The predicted molar refractivity (Wildman–Crippen MR) is 178 cm³/mol. The average Bonchev–Trinajstić information content (AvgIpc) is 0.689. The monoisotopic (exact) mass is 667 g/mol. The van der Waals surface area contributed by atoms with Crippen molar-refractivity contribution in [2.75, 3.05) is 55.3 Å². The molecule has 0 aliphatic rings. The molecule has 0 heterocycles. The molecule has 252 valence electrons. The van der Waals surface area contributed by atoms with Gasteiger partial charge >= 0.3 is 0 Å². The zero-order chi connectivity index (χ0) is 83.5. The molecule has 0 radical (unpaired) electrons. The second kappa shape index (κ2) is 31.2. The zero-order valence-electron chi connectivity index (χ0n) is 80.9. The van der Waals surface area contributed by atoms with E-state index in [1.807, 2.05) is 0 Å². The van der Waals surface area contributed by atoms with E-state index < -0.39 is 199 Å². The van der Waals surface area contributed by atoms with Gasteiger partial charge in [-0.15, -0.1) is 0 Å². The van der Waals surface area contributed by atoms with E-state index in [0.717, 1.165) is 42.3 Å². The van der Waals surface area contributed by atoms with Gasteiger partial charge in [0.15, 0.2) is 0 Å². The molecule has 0 rings (SSSR count). The number of rotatable bonds is 26. The molecule has 0 aliphatic heterocycles. The molecule has 0 spiro atoms. The minimum atomic E-state index is -5.17. The molecule has 0 saturated heterocycles. The van der Waals surface area contributed by atoms with E-state index in [0.29, 0.717) is 0 Å². The highest BCUT2D eigenvalue weighted by atomic mass is 32.3. The second-order valence-electron chi connectivity index (χ2n) is 7.66. The Labute approximate surface area is 341 Å². The first kappa shape index (κ1) is 7.04. The summed E-state index contributed by atoms with van der Waals surface area (Å²) in [7, 11) is 0.865. The van der Waals surface area contributed by atoms with Crippen molar-refractivity contribution >= 4 is 10.4 Å². The van der Waals surface area contributed by atoms with Crippen LogP contribution in [0.15, 0.2) is 0 Å². The Kier molecular flexibility index (Phi) is 5.36. The molecule has 0 amide bonds. The zero-order valence-corrected chi connectivity index (χ0v) is 23.8. The Morgan fingerprint density at radius 3 is 0.780 bits per heavy atom. The quantitative estimate of drug-likeness (QED) is 0.0523. The molecule has 0 fully saturated rings. The van der Waals surface area contributed by atoms with E-state index in [9.17, 15) is 0 Å². The molecule has 0 saturated carbocycles. The summed E-state index contributed by atoms with van der Waals surface area (Å²) in [6.45, 7) is -15.0. The number of hydrogen-bond acceptors (Lipinski definition) is 4. The lowest BCUT2D eigenvalue weighted by atomic mass is 10.1. The van der Waals surface area contributed by atoms with Crippen LogP contribution in [0.2, 0.25) is 0 Å². The summed E-state index contributed by atoms with van der Waals surface area (Å²) >= 11 is 0. The maximum atomic E-state index is 8.52. The van der Waals surface area contributed by atoms with Crippen LogP contribution in [0.3, 0.4) is 0 Å². The average molecular weight is 667 g/mol. The van der Waals surface area contributed by atoms with Crippen molar-refractivity contribution in [3.05, 3.63) is 0 Å². The fourth-order valence-corrected chi connectivity index (χ4v) is 1.02. The third-order valence-electron chi connectivity index (χ3n) is 2.16. The third kappa shape index (κ3) is 64.0. The highest BCUT2D eigenvalue weighted by Crippen LogP contribution is 2.13. The van der Waals surface area contributed by atoms with Gasteiger partial charge in [-0.1, -0.05) is 141 Å². The largest absolute Gasteiger partial charge is 0.759 e. The molecule has 0 bridgehead atoms. The topological polar surface area (TPSA) is 80.3 Å². The maximum absolute atomic E-state index is 8.52. The molecule has 0 unspecified atom stereocenters. The normalized spacial score (nSPS) is 42.6. The van der Waals surface area contributed by atoms with Gasteiger partial charge in [-0.3, -0.25) is 8.42 Å². The van der Waals surface area contributed by atoms with Crippen LogP contribution in [0, 0.1) is 0 Å². The van der Waals surface area contributed by atoms with Gasteiger partial charge in [0.1, 0.15) is 0 Å². The van der Waals surface area contributed by atoms with Crippen LogP contribution in [0.25, 0.3) is 0 Å². The van der Waals surface area contributed by atoms with Gasteiger partial charge in [0.2, 0.25) is 0 Å². The molecule has 41 heavy (non-hydrogen) atoms. The van der Waals surface area contributed by atoms with E-state index in [-0.39, 0.29) is 0 Å². The summed E-state index contributed by atoms with van der Waals surface area (Å²) in [4.78, 5) is 0. The molecule has 0 aromatic rings. The van der Waals surface area contributed by atoms with Crippen molar-refractivity contribution in [2.24, 2.45) is 0 Å². The molecule has 0 atom stereocenters. The van der Waals surface area contributed by atoms with Crippen LogP contribution < -0.4 is 0 Å². The van der Waals surface area contributed by atoms with Crippen LogP contribution in [0.5, 0.6) is 0 Å². The van der Waals surface area contributed by atoms with Gasteiger partial charge in [0, 0.05) is 84.4 Å². The van der Waals surface area contributed by atoms with Gasteiger partial charge in [0.25, 0.3) is 0 Å². The van der Waals surface area contributed by atoms with Gasteiger partial charge in [-0.2, -0.15) is 0 Å². The molecule has 0 aromatic carbocycles. The number of hydrogen-bond donors (Lipinski definition) is 0. The Hall–Kier alpha value is -0.210. The van der Waals surface area contributed by atoms with Crippen LogP contribution in [0.4, 0.5) is 0 Å². The first-order chi connectivity index (χ1) is 41.0. The fourth-order valence-electron chi connectivity index (χ4n) is 1.02. The molecule has 0 aliphatic carbocycles. The maximum Gasteiger partial charge on any atom is 0.0924 e. The summed E-state index contributed by atoms with van der Waals surface area (Å²) in [6, 6.07) is 0. The third-order valence-corrected chi connectivity index (χ3v) is 2.16. The minimum absolute atomic E-state index is 1.01. The summed E-state index contributed by atoms with van der Waals surface area (Å²) in [5, 5.41) is 0. The highest BCUT2D eigenvalue weighted by Gasteiger charge is 2.05. The predicted octanol–water partition coefficient (Wildman–Crippen LogP) is 9.45. The highest BCUT2D eigenvalue weighted by molar-refractivity contribution is 7.79. The standard InChI is InChI=1S/2C17H38N.H2O4S/c2*1-5-6-7-8-9-10-11-12-13-14-15-16-17-18(2,3)4;1-5(2,3)4/h2*5-17H2,1-4H3;(H2,1,2,3,4)/q2*+1;/p-2/i2*1D3,5D2,6D2,7D2,8D2,9D2,10D2,11D2,12D2,13D2,14D2,15D2,16D2,17D2;. The Bertz CT molecular complexity index is 2570. The van der Waals surface area contributed by atoms with Gasteiger partial charge < -0.3 is 18.1 Å². The number of nitrogens with zero attached hydrogens (tertiary/aromatic N) is 2. The van der Waals surface area contributed by atoms with E-state index in [1.54, 1.807) is 0 Å². The van der Waals surface area contributed by atoms with Crippen LogP contribution in [-0.4, -0.2) is 81.8 Å². The smallest absolute Gasteiger partial charge is 0.0924 e. The Morgan fingerprint density at radius 1 is 0.439 bits per heavy atom. The molecule has 0 aromatic heterocycles. The molecular weight excluding hydrogens is 532 g/mol. The fraction of sp³-hybridized carbons (Fsp3) is 1.00. The van der Waals surface area contributed by atoms with Gasteiger partial charge in [0.05, 0.1) is 60.8 Å². The lowest BCUT2D eigenvalue weighted by molar-refractivity contribution is -0.870. The minimum Gasteiger partial charge on any atom is -0.759 e. The van der Waals surface area contributed by atoms with E-state index in [2.05, 4.69) is 0 Å². The molecule has 6 nitrogen and oxygen atoms in total. The van der Waals surface area contributed by atoms with Crippen molar-refractivity contribution in [1.82, 2.24) is 0 Å². The Morgan fingerprint density at radius 2 is 0.610 bits per heavy atom. The van der Waals surface area contributed by atoms with Gasteiger partial charge in [-0.25, -0.2) is 0 Å². The van der Waals surface area contributed by atoms with Crippen molar-refractivity contribution < 1.29 is 106 Å². The van der Waals surface area contributed by atoms with E-state index in [4.69, 9.17) is 97.0 Å². The summed E-state index contributed by atoms with van der Waals surface area (Å²) < 4.78 is 496. The lowest BCUT2D eigenvalue weighted by Gasteiger charge is -2.23. The molecule has 7 heteroatoms. The van der Waals surface area contributed by atoms with E-state index >= 15 is 0 Å². The molecule has 0 N–H and O–H groups in total. The van der Waals surface area contributed by atoms with E-state index in [1.165, 1.54) is 0 Å². The van der Waals surface area contributed by atoms with Crippen molar-refractivity contribution in [3.63, 3.8) is 0 Å². The Balaban J connectivity index is -0.00000174. The SMILES string of the molecule is O=S(=O)([O-])[O-].[2H]C([2H])([2H])C([2H])([2H])C([2H])([2H])C([2H])([2H])C([2H])([2H])C([2H])([2H])C([2H])([2H])C([2H])([2H])C([2H])([2H])C([2H])([2H])C([2H])([2H])C([2H])([2H])C([2H])([2H])C([2H])([2H])[N+](C)(C)C.[2H]C([2H])([2H])C([2H])([2H])C([2H])([2H])C([2H])([2H])C([2H])([2H])C([2H])([2H])C([2H])([2H])C([2H])([2H])C([2H])([2H])C([2H])([2H])C([2H])([2H])C([2H])([2H])C([2H])([2H])C([2H])([2H])[N+](C)(C)C. The van der Waals surface area contributed by atoms with Crippen LogP contribution in [0.1, 0.15) is 246 Å². The summed E-state index contributed by atoms with van der Waals surface area (Å²) in [6.07, 6.45) is -113. The van der Waals surface area contributed by atoms with Gasteiger partial charge in [-0.05, 0) is 25.5 Å². The first-order valence-corrected chi connectivity index (χ1v) is 11.6. The lowest BCUT2D eigenvalue weighted by Crippen LogP contribution is -2.35. The summed E-state index contributed by atoms with van der Waals surface area (Å²) in [5.74, 6) is 0. The van der Waals surface area contributed by atoms with Crippen LogP contribution >= 0.6 is 0 Å².